The van der Waals surface area contributed by atoms with Gasteiger partial charge in [-0.1, -0.05) is 46.8 Å². The predicted molar refractivity (Wildman–Crippen MR) is 84.1 cm³/mol. The van der Waals surface area contributed by atoms with Gasteiger partial charge < -0.3 is 5.32 Å². The fourth-order valence-electron chi connectivity index (χ4n) is 1.98. The van der Waals surface area contributed by atoms with E-state index in [0.717, 1.165) is 4.90 Å². The molecule has 0 saturated carbocycles. The molecule has 0 aliphatic heterocycles. The van der Waals surface area contributed by atoms with Crippen molar-refractivity contribution in [2.45, 2.75) is 51.0 Å². The van der Waals surface area contributed by atoms with Gasteiger partial charge in [-0.25, -0.2) is 0 Å². The molecular weight excluding hydrogens is 254 g/mol. The maximum atomic E-state index is 12.4. The molecule has 0 aromatic heterocycles. The molecule has 1 rings (SSSR count). The molecule has 0 fully saturated rings. The molecular formula is C16H27NOS. The molecule has 19 heavy (non-hydrogen) atoms. The SMILES string of the molecule is CNC(CS(=O)c1ccc(C(C)(C)C)cc1)C(C)C. The maximum Gasteiger partial charge on any atom is 0.0545 e. The van der Waals surface area contributed by atoms with Crippen molar-refractivity contribution in [3.63, 3.8) is 0 Å². The van der Waals surface area contributed by atoms with Crippen molar-refractivity contribution < 1.29 is 4.21 Å². The van der Waals surface area contributed by atoms with E-state index in [2.05, 4.69) is 52.1 Å². The van der Waals surface area contributed by atoms with Crippen LogP contribution in [0.25, 0.3) is 0 Å². The number of nitrogens with one attached hydrogen (secondary N) is 1. The lowest BCUT2D eigenvalue weighted by molar-refractivity contribution is 0.461. The lowest BCUT2D eigenvalue weighted by Gasteiger charge is -2.21. The Balaban J connectivity index is 2.78. The summed E-state index contributed by atoms with van der Waals surface area (Å²) in [5.74, 6) is 1.16. The third-order valence-corrected chi connectivity index (χ3v) is 4.95. The summed E-state index contributed by atoms with van der Waals surface area (Å²) < 4.78 is 12.4. The quantitative estimate of drug-likeness (QED) is 0.897. The maximum absolute atomic E-state index is 12.4. The van der Waals surface area contributed by atoms with Crippen molar-refractivity contribution in [1.82, 2.24) is 5.32 Å². The summed E-state index contributed by atoms with van der Waals surface area (Å²) in [6.07, 6.45) is 0. The molecule has 0 saturated heterocycles. The van der Waals surface area contributed by atoms with Crippen LogP contribution < -0.4 is 5.32 Å². The van der Waals surface area contributed by atoms with Crippen LogP contribution in [0.2, 0.25) is 0 Å². The highest BCUT2D eigenvalue weighted by molar-refractivity contribution is 7.85. The highest BCUT2D eigenvalue weighted by Crippen LogP contribution is 2.23. The standard InChI is InChI=1S/C16H27NOS/c1-12(2)15(17-6)11-19(18)14-9-7-13(8-10-14)16(3,4)5/h7-10,12,15,17H,11H2,1-6H3. The van der Waals surface area contributed by atoms with Gasteiger partial charge >= 0.3 is 0 Å². The van der Waals surface area contributed by atoms with Crippen LogP contribution >= 0.6 is 0 Å². The molecule has 0 heterocycles. The molecule has 1 aromatic rings. The van der Waals surface area contributed by atoms with E-state index in [1.54, 1.807) is 0 Å². The summed E-state index contributed by atoms with van der Waals surface area (Å²) in [4.78, 5) is 0.925. The molecule has 0 spiro atoms. The van der Waals surface area contributed by atoms with Gasteiger partial charge in [0, 0.05) is 16.7 Å². The zero-order valence-corrected chi connectivity index (χ0v) is 13.8. The Kier molecular flexibility index (Phi) is 5.75. The normalized spacial score (nSPS) is 15.5. The van der Waals surface area contributed by atoms with E-state index in [1.165, 1.54) is 5.56 Å². The van der Waals surface area contributed by atoms with Crippen LogP contribution in [0.4, 0.5) is 0 Å². The van der Waals surface area contributed by atoms with E-state index in [-0.39, 0.29) is 5.41 Å². The predicted octanol–water partition coefficient (Wildman–Crippen LogP) is 3.34. The Labute approximate surface area is 120 Å². The van der Waals surface area contributed by atoms with Crippen LogP contribution in [0.1, 0.15) is 40.2 Å². The van der Waals surface area contributed by atoms with Crippen molar-refractivity contribution in [2.24, 2.45) is 5.92 Å². The Bertz CT molecular complexity index is 417. The second kappa shape index (κ2) is 6.67. The Morgan fingerprint density at radius 1 is 1.16 bits per heavy atom. The number of hydrogen-bond donors (Lipinski definition) is 1. The van der Waals surface area contributed by atoms with Crippen LogP contribution in [-0.4, -0.2) is 23.1 Å². The molecule has 0 aliphatic rings. The van der Waals surface area contributed by atoms with E-state index >= 15 is 0 Å². The largest absolute Gasteiger partial charge is 0.316 e. The lowest BCUT2D eigenvalue weighted by Crippen LogP contribution is -2.35. The van der Waals surface area contributed by atoms with Gasteiger partial charge in [0.1, 0.15) is 0 Å². The summed E-state index contributed by atoms with van der Waals surface area (Å²) in [6, 6.07) is 8.49. The fraction of sp³-hybridized carbons (Fsp3) is 0.625. The van der Waals surface area contributed by atoms with Crippen molar-refractivity contribution in [3.8, 4) is 0 Å². The van der Waals surface area contributed by atoms with Gasteiger partial charge in [0.05, 0.1) is 10.8 Å². The van der Waals surface area contributed by atoms with Gasteiger partial charge in [0.15, 0.2) is 0 Å². The van der Waals surface area contributed by atoms with Crippen molar-refractivity contribution in [2.75, 3.05) is 12.8 Å². The first-order chi connectivity index (χ1) is 8.75. The van der Waals surface area contributed by atoms with Gasteiger partial charge in [-0.3, -0.25) is 4.21 Å². The van der Waals surface area contributed by atoms with E-state index in [1.807, 2.05) is 19.2 Å². The second-order valence-electron chi connectivity index (χ2n) is 6.43. The first kappa shape index (κ1) is 16.4. The fourth-order valence-corrected chi connectivity index (χ4v) is 3.48. The third-order valence-electron chi connectivity index (χ3n) is 3.49. The summed E-state index contributed by atoms with van der Waals surface area (Å²) in [5, 5.41) is 3.24. The van der Waals surface area contributed by atoms with Gasteiger partial charge in [-0.05, 0) is 36.1 Å². The van der Waals surface area contributed by atoms with Crippen LogP contribution in [0.3, 0.4) is 0 Å². The van der Waals surface area contributed by atoms with E-state index < -0.39 is 10.8 Å². The Hall–Kier alpha value is -0.670. The van der Waals surface area contributed by atoms with Crippen LogP contribution in [-0.2, 0) is 16.2 Å². The molecule has 108 valence electrons. The topological polar surface area (TPSA) is 29.1 Å². The molecule has 0 aliphatic carbocycles. The number of rotatable bonds is 5. The number of benzene rings is 1. The highest BCUT2D eigenvalue weighted by atomic mass is 32.2. The minimum atomic E-state index is -0.931. The molecule has 0 bridgehead atoms. The van der Waals surface area contributed by atoms with Crippen molar-refractivity contribution in [1.29, 1.82) is 0 Å². The van der Waals surface area contributed by atoms with Gasteiger partial charge in [-0.15, -0.1) is 0 Å². The lowest BCUT2D eigenvalue weighted by atomic mass is 9.87. The molecule has 2 atom stereocenters. The molecule has 2 unspecified atom stereocenters. The van der Waals surface area contributed by atoms with E-state index in [9.17, 15) is 4.21 Å². The molecule has 2 nitrogen and oxygen atoms in total. The monoisotopic (exact) mass is 281 g/mol. The van der Waals surface area contributed by atoms with Crippen LogP contribution in [0.15, 0.2) is 29.2 Å². The zero-order valence-electron chi connectivity index (χ0n) is 13.0. The van der Waals surface area contributed by atoms with Gasteiger partial charge in [0.2, 0.25) is 0 Å². The smallest absolute Gasteiger partial charge is 0.0545 e. The molecule has 1 aromatic carbocycles. The number of hydrogen-bond acceptors (Lipinski definition) is 2. The summed E-state index contributed by atoms with van der Waals surface area (Å²) in [5.41, 5.74) is 1.42. The summed E-state index contributed by atoms with van der Waals surface area (Å²) >= 11 is 0. The Morgan fingerprint density at radius 2 is 1.68 bits per heavy atom. The van der Waals surface area contributed by atoms with Crippen LogP contribution in [0.5, 0.6) is 0 Å². The summed E-state index contributed by atoms with van der Waals surface area (Å²) in [6.45, 7) is 10.9. The van der Waals surface area contributed by atoms with Crippen molar-refractivity contribution in [3.05, 3.63) is 29.8 Å². The van der Waals surface area contributed by atoms with E-state index in [0.29, 0.717) is 17.7 Å². The van der Waals surface area contributed by atoms with Crippen molar-refractivity contribution >= 4 is 10.8 Å². The minimum Gasteiger partial charge on any atom is -0.316 e. The second-order valence-corrected chi connectivity index (χ2v) is 7.92. The highest BCUT2D eigenvalue weighted by Gasteiger charge is 2.17. The van der Waals surface area contributed by atoms with Gasteiger partial charge in [0.25, 0.3) is 0 Å². The summed E-state index contributed by atoms with van der Waals surface area (Å²) in [7, 11) is 1.00. The first-order valence-electron chi connectivity index (χ1n) is 6.92. The average Bonchev–Trinajstić information content (AvgIpc) is 2.34. The van der Waals surface area contributed by atoms with Crippen LogP contribution in [0, 0.1) is 5.92 Å². The third kappa shape index (κ3) is 4.73. The minimum absolute atomic E-state index is 0.144. The molecule has 3 heteroatoms. The Morgan fingerprint density at radius 3 is 2.05 bits per heavy atom. The zero-order chi connectivity index (χ0) is 14.6. The molecule has 0 amide bonds. The molecule has 0 radical (unpaired) electrons. The van der Waals surface area contributed by atoms with Gasteiger partial charge in [-0.2, -0.15) is 0 Å². The molecule has 1 N–H and O–H groups in total. The average molecular weight is 281 g/mol. The first-order valence-corrected chi connectivity index (χ1v) is 8.23. The van der Waals surface area contributed by atoms with E-state index in [4.69, 9.17) is 0 Å².